The van der Waals surface area contributed by atoms with E-state index in [4.69, 9.17) is 0 Å². The zero-order valence-electron chi connectivity index (χ0n) is 20.8. The van der Waals surface area contributed by atoms with Crippen molar-refractivity contribution in [2.75, 3.05) is 4.90 Å². The second kappa shape index (κ2) is 8.04. The van der Waals surface area contributed by atoms with Gasteiger partial charge in [-0.25, -0.2) is 0 Å². The van der Waals surface area contributed by atoms with Crippen molar-refractivity contribution in [2.45, 2.75) is 0 Å². The van der Waals surface area contributed by atoms with Gasteiger partial charge in [-0.05, 0) is 6.07 Å². The molecule has 0 aliphatic carbocycles. The van der Waals surface area contributed by atoms with Crippen molar-refractivity contribution in [1.29, 1.82) is 0 Å². The standard InChI is InChI=1S/C35H21IN3/c1-2-10-27-24(8-1)25-19-20-31-33(34(25)36-27)26-9-7-14-32-35(26)39(31)30-13-4-3-12-29(30)38(32)23-17-15-22(16-18-23)28-11-5-6-21-37-28/h1-21H/q-1. The Kier molecular flexibility index (Phi) is 4.43. The third-order valence-corrected chi connectivity index (χ3v) is 11.1. The fraction of sp³-hybridized carbons (Fsp3) is 0. The molecular weight excluding hydrogens is 589 g/mol. The maximum absolute atomic E-state index is 4.54. The van der Waals surface area contributed by atoms with Gasteiger partial charge < -0.3 is 0 Å². The minimum Gasteiger partial charge on any atom is 0.0275 e. The number of para-hydroxylation sites is 3. The summed E-state index contributed by atoms with van der Waals surface area (Å²) < 4.78 is 5.58. The molecule has 9 rings (SSSR count). The summed E-state index contributed by atoms with van der Waals surface area (Å²) >= 11 is -0.239. The molecule has 0 radical (unpaired) electrons. The monoisotopic (exact) mass is 610 g/mol. The molecule has 0 unspecified atom stereocenters. The summed E-state index contributed by atoms with van der Waals surface area (Å²) in [7, 11) is 0. The minimum atomic E-state index is -0.239. The summed E-state index contributed by atoms with van der Waals surface area (Å²) in [6.45, 7) is 0. The van der Waals surface area contributed by atoms with E-state index < -0.39 is 0 Å². The Bertz CT molecular complexity index is 2090. The molecule has 0 bridgehead atoms. The Morgan fingerprint density at radius 2 is 1.38 bits per heavy atom. The molecular formula is C35H21IN3-. The Morgan fingerprint density at radius 3 is 2.26 bits per heavy atom. The SMILES string of the molecule is c1ccc(-c2ccc(N3c4ccccc4-n4c5ccc6c(c5c5cccc3c54)[I-]c3ccccc3-6)cc2)nc1. The number of nitrogens with zero attached hydrogens (tertiary/aromatic N) is 3. The second-order valence-corrected chi connectivity index (χ2v) is 12.8. The number of hydrogen-bond acceptors (Lipinski definition) is 2. The van der Waals surface area contributed by atoms with Crippen LogP contribution in [0.3, 0.4) is 0 Å². The van der Waals surface area contributed by atoms with Crippen LogP contribution in [0, 0.1) is 7.14 Å². The topological polar surface area (TPSA) is 21.1 Å². The first-order valence-electron chi connectivity index (χ1n) is 13.1. The number of halogens is 1. The van der Waals surface area contributed by atoms with Crippen LogP contribution in [0.25, 0.3) is 49.9 Å². The van der Waals surface area contributed by atoms with Crippen LogP contribution in [0.5, 0.6) is 0 Å². The molecule has 0 atom stereocenters. The number of rotatable bonds is 2. The van der Waals surface area contributed by atoms with Gasteiger partial charge in [0.2, 0.25) is 0 Å². The van der Waals surface area contributed by atoms with Gasteiger partial charge >= 0.3 is 219 Å². The van der Waals surface area contributed by atoms with Gasteiger partial charge in [-0.1, -0.05) is 6.07 Å². The molecule has 184 valence electrons. The first-order chi connectivity index (χ1) is 19.4. The number of benzene rings is 5. The van der Waals surface area contributed by atoms with E-state index in [1.54, 1.807) is 3.57 Å². The van der Waals surface area contributed by atoms with Gasteiger partial charge in [0.1, 0.15) is 0 Å². The Hall–Kier alpha value is -4.42. The van der Waals surface area contributed by atoms with E-state index in [1.165, 1.54) is 53.6 Å². The smallest absolute Gasteiger partial charge is 0.0275 e. The average molecular weight is 610 g/mol. The van der Waals surface area contributed by atoms with Gasteiger partial charge in [0, 0.05) is 6.20 Å². The summed E-state index contributed by atoms with van der Waals surface area (Å²) in [5.74, 6) is 0. The van der Waals surface area contributed by atoms with Crippen LogP contribution in [0.15, 0.2) is 128 Å². The second-order valence-electron chi connectivity index (χ2n) is 9.99. The van der Waals surface area contributed by atoms with Crippen molar-refractivity contribution in [2.24, 2.45) is 0 Å². The zero-order chi connectivity index (χ0) is 25.5. The minimum absolute atomic E-state index is 0.239. The fourth-order valence-electron chi connectivity index (χ4n) is 6.26. The summed E-state index contributed by atoms with van der Waals surface area (Å²) in [5, 5.41) is 2.77. The van der Waals surface area contributed by atoms with E-state index >= 15 is 0 Å². The van der Waals surface area contributed by atoms with Crippen molar-refractivity contribution >= 4 is 38.9 Å². The number of fused-ring (bicyclic) bond motifs is 9. The quantitative estimate of drug-likeness (QED) is 0.233. The van der Waals surface area contributed by atoms with Crippen LogP contribution < -0.4 is 26.1 Å². The average Bonchev–Trinajstić information content (AvgIpc) is 3.55. The van der Waals surface area contributed by atoms with Gasteiger partial charge in [0.05, 0.1) is 0 Å². The maximum atomic E-state index is 4.54. The third-order valence-electron chi connectivity index (χ3n) is 7.92. The van der Waals surface area contributed by atoms with E-state index in [-0.39, 0.29) is 21.2 Å². The van der Waals surface area contributed by atoms with Gasteiger partial charge in [-0.2, -0.15) is 0 Å². The van der Waals surface area contributed by atoms with Crippen LogP contribution in [-0.2, 0) is 0 Å². The van der Waals surface area contributed by atoms with Gasteiger partial charge in [-0.3, -0.25) is 0 Å². The van der Waals surface area contributed by atoms with Crippen LogP contribution in [-0.4, -0.2) is 9.55 Å². The summed E-state index contributed by atoms with van der Waals surface area (Å²) in [5.41, 5.74) is 12.3. The zero-order valence-corrected chi connectivity index (χ0v) is 23.0. The van der Waals surface area contributed by atoms with E-state index in [1.807, 2.05) is 18.3 Å². The summed E-state index contributed by atoms with van der Waals surface area (Å²) in [6, 6.07) is 44.1. The van der Waals surface area contributed by atoms with Crippen molar-refractivity contribution < 1.29 is 21.2 Å². The molecule has 4 heterocycles. The van der Waals surface area contributed by atoms with Crippen LogP contribution >= 0.6 is 0 Å². The molecule has 5 aromatic carbocycles. The Balaban J connectivity index is 1.31. The van der Waals surface area contributed by atoms with E-state index in [0.29, 0.717) is 0 Å². The molecule has 0 N–H and O–H groups in total. The molecule has 0 fully saturated rings. The molecule has 39 heavy (non-hydrogen) atoms. The van der Waals surface area contributed by atoms with Crippen molar-refractivity contribution in [3.8, 4) is 28.1 Å². The van der Waals surface area contributed by atoms with Crippen molar-refractivity contribution in [3.05, 3.63) is 135 Å². The number of hydrogen-bond donors (Lipinski definition) is 0. The van der Waals surface area contributed by atoms with E-state index in [2.05, 4.69) is 124 Å². The predicted octanol–water partition coefficient (Wildman–Crippen LogP) is 5.74. The fourth-order valence-corrected chi connectivity index (χ4v) is 9.59. The third kappa shape index (κ3) is 2.95. The molecule has 3 nitrogen and oxygen atoms in total. The first kappa shape index (κ1) is 21.5. The Morgan fingerprint density at radius 1 is 0.590 bits per heavy atom. The normalized spacial score (nSPS) is 13.2. The molecule has 7 aromatic rings. The Labute approximate surface area is 236 Å². The van der Waals surface area contributed by atoms with Crippen LogP contribution in [0.4, 0.5) is 17.1 Å². The first-order valence-corrected chi connectivity index (χ1v) is 15.3. The molecule has 0 saturated carbocycles. The number of aromatic nitrogens is 2. The molecule has 0 amide bonds. The number of pyridine rings is 1. The van der Waals surface area contributed by atoms with Crippen LogP contribution in [0.1, 0.15) is 0 Å². The van der Waals surface area contributed by atoms with E-state index in [9.17, 15) is 0 Å². The summed E-state index contributed by atoms with van der Waals surface area (Å²) in [4.78, 5) is 6.96. The molecule has 2 aliphatic rings. The van der Waals surface area contributed by atoms with Crippen molar-refractivity contribution in [1.82, 2.24) is 9.55 Å². The molecule has 2 aromatic heterocycles. The van der Waals surface area contributed by atoms with Crippen molar-refractivity contribution in [3.63, 3.8) is 0 Å². The molecule has 4 heteroatoms. The predicted molar refractivity (Wildman–Crippen MR) is 155 cm³/mol. The van der Waals surface area contributed by atoms with Crippen LogP contribution in [0.2, 0.25) is 0 Å². The molecule has 0 spiro atoms. The number of anilines is 3. The molecule has 2 aliphatic heterocycles. The summed E-state index contributed by atoms with van der Waals surface area (Å²) in [6.07, 6.45) is 1.85. The molecule has 0 saturated heterocycles. The van der Waals surface area contributed by atoms with E-state index in [0.717, 1.165) is 16.9 Å². The van der Waals surface area contributed by atoms with Gasteiger partial charge in [0.15, 0.2) is 0 Å². The van der Waals surface area contributed by atoms with Gasteiger partial charge in [0.25, 0.3) is 0 Å². The van der Waals surface area contributed by atoms with Gasteiger partial charge in [-0.15, -0.1) is 0 Å².